The molecule has 2 rings (SSSR count). The van der Waals surface area contributed by atoms with E-state index in [1.165, 1.54) is 0 Å². The fourth-order valence-corrected chi connectivity index (χ4v) is 4.80. The van der Waals surface area contributed by atoms with Gasteiger partial charge in [0.15, 0.2) is 15.7 Å². The Kier molecular flexibility index (Phi) is 6.50. The first kappa shape index (κ1) is 20.9. The number of amides is 1. The largest absolute Gasteiger partial charge is 0.445 e. The maximum Gasteiger partial charge on any atom is 0.223 e. The fraction of sp³-hybridized carbons (Fsp3) is 0.778. The number of ether oxygens (including phenoxy) is 1. The third-order valence-corrected chi connectivity index (χ3v) is 6.36. The maximum absolute atomic E-state index is 12.7. The van der Waals surface area contributed by atoms with Crippen LogP contribution in [-0.2, 0) is 31.2 Å². The number of rotatable bonds is 7. The molecule has 1 aromatic heterocycles. The summed E-state index contributed by atoms with van der Waals surface area (Å²) in [5, 5.41) is 0. The molecular formula is C18H30N2O5S. The average molecular weight is 387 g/mol. The van der Waals surface area contributed by atoms with Crippen molar-refractivity contribution in [1.82, 2.24) is 9.88 Å². The average Bonchev–Trinajstić information content (AvgIpc) is 3.08. The van der Waals surface area contributed by atoms with Gasteiger partial charge in [-0.05, 0) is 13.3 Å². The molecule has 1 amide bonds. The van der Waals surface area contributed by atoms with E-state index in [0.29, 0.717) is 37.6 Å². The first-order valence-electron chi connectivity index (χ1n) is 8.99. The Balaban J connectivity index is 2.04. The zero-order valence-electron chi connectivity index (χ0n) is 16.4. The minimum atomic E-state index is -3.05. The van der Waals surface area contributed by atoms with Crippen molar-refractivity contribution in [3.63, 3.8) is 0 Å². The van der Waals surface area contributed by atoms with E-state index in [-0.39, 0.29) is 35.3 Å². The van der Waals surface area contributed by atoms with Gasteiger partial charge >= 0.3 is 0 Å². The van der Waals surface area contributed by atoms with E-state index in [1.807, 2.05) is 27.7 Å². The van der Waals surface area contributed by atoms with E-state index in [1.54, 1.807) is 12.0 Å². The maximum atomic E-state index is 12.7. The smallest absolute Gasteiger partial charge is 0.223 e. The summed E-state index contributed by atoms with van der Waals surface area (Å²) >= 11 is 0. The molecule has 0 bridgehead atoms. The number of aryl methyl sites for hydroxylation is 2. The number of oxazole rings is 1. The van der Waals surface area contributed by atoms with Crippen LogP contribution in [0.2, 0.25) is 0 Å². The summed E-state index contributed by atoms with van der Waals surface area (Å²) in [6.45, 7) is 8.75. The van der Waals surface area contributed by atoms with Crippen molar-refractivity contribution in [2.24, 2.45) is 0 Å². The molecule has 26 heavy (non-hydrogen) atoms. The van der Waals surface area contributed by atoms with Gasteiger partial charge in [-0.2, -0.15) is 0 Å². The lowest BCUT2D eigenvalue weighted by Crippen LogP contribution is -2.43. The van der Waals surface area contributed by atoms with E-state index in [4.69, 9.17) is 9.15 Å². The molecule has 0 spiro atoms. The molecule has 1 unspecified atom stereocenters. The SMILES string of the molecule is COCCN(C(=O)CCc1oc(C(C)(C)C)nc1C)C1CCS(=O)(=O)C1. The predicted molar refractivity (Wildman–Crippen MR) is 98.9 cm³/mol. The van der Waals surface area contributed by atoms with E-state index in [9.17, 15) is 13.2 Å². The van der Waals surface area contributed by atoms with Crippen molar-refractivity contribution in [1.29, 1.82) is 0 Å². The normalized spacial score (nSPS) is 19.7. The number of carbonyl (C=O) groups excluding carboxylic acids is 1. The lowest BCUT2D eigenvalue weighted by molar-refractivity contribution is -0.133. The second-order valence-corrected chi connectivity index (χ2v) is 10.1. The highest BCUT2D eigenvalue weighted by molar-refractivity contribution is 7.91. The van der Waals surface area contributed by atoms with E-state index in [0.717, 1.165) is 5.69 Å². The van der Waals surface area contributed by atoms with Crippen LogP contribution in [0.4, 0.5) is 0 Å². The standard InChI is InChI=1S/C18H30N2O5S/c1-13-15(25-17(19-13)18(2,3)4)6-7-16(21)20(9-10-24-5)14-8-11-26(22,23)12-14/h14H,6-12H2,1-5H3. The number of hydrogen-bond acceptors (Lipinski definition) is 6. The van der Waals surface area contributed by atoms with Crippen molar-refractivity contribution in [2.75, 3.05) is 31.8 Å². The number of nitrogens with zero attached hydrogens (tertiary/aromatic N) is 2. The molecule has 0 N–H and O–H groups in total. The molecule has 1 aliphatic heterocycles. The van der Waals surface area contributed by atoms with Gasteiger partial charge in [0, 0.05) is 38.0 Å². The summed E-state index contributed by atoms with van der Waals surface area (Å²) < 4.78 is 34.5. The van der Waals surface area contributed by atoms with Gasteiger partial charge in [-0.3, -0.25) is 4.79 Å². The molecule has 1 aliphatic rings. The summed E-state index contributed by atoms with van der Waals surface area (Å²) in [6, 6.07) is -0.261. The number of carbonyl (C=O) groups is 1. The molecule has 1 atom stereocenters. The number of aromatic nitrogens is 1. The molecule has 0 aromatic carbocycles. The van der Waals surface area contributed by atoms with Crippen LogP contribution >= 0.6 is 0 Å². The van der Waals surface area contributed by atoms with Crippen molar-refractivity contribution >= 4 is 15.7 Å². The van der Waals surface area contributed by atoms with Crippen LogP contribution in [0.25, 0.3) is 0 Å². The van der Waals surface area contributed by atoms with Crippen LogP contribution in [0.1, 0.15) is 51.0 Å². The molecule has 8 heteroatoms. The summed E-state index contributed by atoms with van der Waals surface area (Å²) in [6.07, 6.45) is 1.21. The van der Waals surface area contributed by atoms with Gasteiger partial charge in [0.1, 0.15) is 5.76 Å². The first-order chi connectivity index (χ1) is 12.0. The van der Waals surface area contributed by atoms with E-state index in [2.05, 4.69) is 4.98 Å². The zero-order chi connectivity index (χ0) is 19.5. The third kappa shape index (κ3) is 5.30. The molecule has 0 radical (unpaired) electrons. The number of sulfone groups is 1. The summed E-state index contributed by atoms with van der Waals surface area (Å²) in [7, 11) is -1.48. The van der Waals surface area contributed by atoms with Crippen molar-refractivity contribution < 1.29 is 22.4 Å². The quantitative estimate of drug-likeness (QED) is 0.711. The number of hydrogen-bond donors (Lipinski definition) is 0. The Morgan fingerprint density at radius 2 is 2.08 bits per heavy atom. The lowest BCUT2D eigenvalue weighted by atomic mass is 9.97. The highest BCUT2D eigenvalue weighted by Gasteiger charge is 2.34. The first-order valence-corrected chi connectivity index (χ1v) is 10.8. The highest BCUT2D eigenvalue weighted by atomic mass is 32.2. The molecule has 1 aromatic rings. The molecule has 7 nitrogen and oxygen atoms in total. The highest BCUT2D eigenvalue weighted by Crippen LogP contribution is 2.25. The van der Waals surface area contributed by atoms with E-state index < -0.39 is 9.84 Å². The van der Waals surface area contributed by atoms with Gasteiger partial charge in [0.2, 0.25) is 5.91 Å². The molecule has 2 heterocycles. The van der Waals surface area contributed by atoms with Crippen LogP contribution in [0.5, 0.6) is 0 Å². The topological polar surface area (TPSA) is 89.7 Å². The van der Waals surface area contributed by atoms with Crippen LogP contribution < -0.4 is 0 Å². The molecule has 1 saturated heterocycles. The van der Waals surface area contributed by atoms with E-state index >= 15 is 0 Å². The summed E-state index contributed by atoms with van der Waals surface area (Å²) in [4.78, 5) is 18.9. The Morgan fingerprint density at radius 1 is 1.38 bits per heavy atom. The minimum absolute atomic E-state index is 0.0396. The monoisotopic (exact) mass is 386 g/mol. The minimum Gasteiger partial charge on any atom is -0.445 e. The second kappa shape index (κ2) is 8.08. The Bertz CT molecular complexity index is 733. The Labute approximate surface area is 156 Å². The fourth-order valence-electron chi connectivity index (χ4n) is 3.07. The Hall–Kier alpha value is -1.41. The van der Waals surface area contributed by atoms with Crippen molar-refractivity contribution in [2.45, 2.75) is 58.4 Å². The molecular weight excluding hydrogens is 356 g/mol. The molecule has 0 aliphatic carbocycles. The van der Waals surface area contributed by atoms with Crippen LogP contribution in [-0.4, -0.2) is 62.0 Å². The summed E-state index contributed by atoms with van der Waals surface area (Å²) in [5.41, 5.74) is 0.616. The second-order valence-electron chi connectivity index (χ2n) is 7.91. The molecule has 0 saturated carbocycles. The molecule has 1 fully saturated rings. The van der Waals surface area contributed by atoms with Gasteiger partial charge in [-0.1, -0.05) is 20.8 Å². The number of methoxy groups -OCH3 is 1. The van der Waals surface area contributed by atoms with Gasteiger partial charge in [-0.25, -0.2) is 13.4 Å². The van der Waals surface area contributed by atoms with Crippen molar-refractivity contribution in [3.05, 3.63) is 17.3 Å². The lowest BCUT2D eigenvalue weighted by Gasteiger charge is -2.28. The van der Waals surface area contributed by atoms with Crippen molar-refractivity contribution in [3.8, 4) is 0 Å². The van der Waals surface area contributed by atoms with Crippen LogP contribution in [0.3, 0.4) is 0 Å². The van der Waals surface area contributed by atoms with Gasteiger partial charge in [-0.15, -0.1) is 0 Å². The van der Waals surface area contributed by atoms with Gasteiger partial charge in [0.25, 0.3) is 0 Å². The Morgan fingerprint density at radius 3 is 2.58 bits per heavy atom. The third-order valence-electron chi connectivity index (χ3n) is 4.61. The summed E-state index contributed by atoms with van der Waals surface area (Å²) in [5.74, 6) is 1.49. The van der Waals surface area contributed by atoms with Gasteiger partial charge < -0.3 is 14.1 Å². The zero-order valence-corrected chi connectivity index (χ0v) is 17.2. The predicted octanol–water partition coefficient (Wildman–Crippen LogP) is 1.88. The van der Waals surface area contributed by atoms with Crippen LogP contribution in [0.15, 0.2) is 4.42 Å². The molecule has 148 valence electrons. The van der Waals surface area contributed by atoms with Gasteiger partial charge in [0.05, 0.1) is 23.8 Å². The van der Waals surface area contributed by atoms with Crippen LogP contribution in [0, 0.1) is 6.92 Å².